The Kier molecular flexibility index (Phi) is 8.80. The van der Waals surface area contributed by atoms with Crippen LogP contribution in [0.1, 0.15) is 36.4 Å². The molecular weight excluding hydrogens is 419 g/mol. The third-order valence-corrected chi connectivity index (χ3v) is 3.66. The van der Waals surface area contributed by atoms with Gasteiger partial charge >= 0.3 is 0 Å². The van der Waals surface area contributed by atoms with Crippen LogP contribution in [0.15, 0.2) is 21.9 Å². The Labute approximate surface area is 160 Å². The van der Waals surface area contributed by atoms with Gasteiger partial charge in [-0.05, 0) is 18.9 Å². The molecular formula is C16H27IN6O. The summed E-state index contributed by atoms with van der Waals surface area (Å²) >= 11 is 0. The Morgan fingerprint density at radius 2 is 2.08 bits per heavy atom. The Hall–Kier alpha value is -1.58. The van der Waals surface area contributed by atoms with E-state index < -0.39 is 0 Å². The van der Waals surface area contributed by atoms with Crippen molar-refractivity contribution in [3.63, 3.8) is 0 Å². The van der Waals surface area contributed by atoms with Gasteiger partial charge < -0.3 is 15.2 Å². The lowest BCUT2D eigenvalue weighted by Crippen LogP contribution is -2.38. The van der Waals surface area contributed by atoms with E-state index in [4.69, 9.17) is 4.52 Å². The fourth-order valence-corrected chi connectivity index (χ4v) is 2.41. The molecule has 2 rings (SSSR count). The van der Waals surface area contributed by atoms with Crippen LogP contribution in [-0.2, 0) is 25.9 Å². The zero-order valence-corrected chi connectivity index (χ0v) is 17.1. The van der Waals surface area contributed by atoms with Crippen LogP contribution in [-0.4, -0.2) is 34.5 Å². The highest BCUT2D eigenvalue weighted by Crippen LogP contribution is 2.15. The molecule has 7 nitrogen and oxygen atoms in total. The first-order chi connectivity index (χ1) is 11.2. The van der Waals surface area contributed by atoms with Gasteiger partial charge in [-0.1, -0.05) is 19.0 Å². The lowest BCUT2D eigenvalue weighted by Gasteiger charge is -2.12. The van der Waals surface area contributed by atoms with Gasteiger partial charge in [0.05, 0.1) is 18.4 Å². The van der Waals surface area contributed by atoms with Crippen LogP contribution < -0.4 is 10.6 Å². The van der Waals surface area contributed by atoms with Gasteiger partial charge in [-0.25, -0.2) is 0 Å². The summed E-state index contributed by atoms with van der Waals surface area (Å²) < 4.78 is 7.30. The van der Waals surface area contributed by atoms with Crippen molar-refractivity contribution in [1.29, 1.82) is 0 Å². The Morgan fingerprint density at radius 3 is 2.67 bits per heavy atom. The number of halogens is 1. The zero-order valence-electron chi connectivity index (χ0n) is 14.8. The van der Waals surface area contributed by atoms with Gasteiger partial charge in [0.1, 0.15) is 5.76 Å². The van der Waals surface area contributed by atoms with E-state index in [0.29, 0.717) is 6.54 Å². The molecule has 0 amide bonds. The molecule has 0 aliphatic heterocycles. The van der Waals surface area contributed by atoms with Crippen LogP contribution >= 0.6 is 24.0 Å². The number of guanidine groups is 1. The molecule has 0 saturated heterocycles. The number of aryl methyl sites for hydroxylation is 3. The molecule has 0 aliphatic carbocycles. The van der Waals surface area contributed by atoms with Crippen molar-refractivity contribution in [2.24, 2.45) is 4.99 Å². The minimum Gasteiger partial charge on any atom is -0.361 e. The van der Waals surface area contributed by atoms with Crippen LogP contribution in [0.3, 0.4) is 0 Å². The summed E-state index contributed by atoms with van der Waals surface area (Å²) in [5.74, 6) is 1.70. The van der Waals surface area contributed by atoms with E-state index in [-0.39, 0.29) is 24.0 Å². The van der Waals surface area contributed by atoms with Crippen molar-refractivity contribution in [3.05, 3.63) is 35.0 Å². The number of aromatic nitrogens is 3. The van der Waals surface area contributed by atoms with Gasteiger partial charge in [0.15, 0.2) is 5.96 Å². The first kappa shape index (κ1) is 20.5. The molecule has 0 fully saturated rings. The molecule has 0 aliphatic rings. The minimum absolute atomic E-state index is 0. The van der Waals surface area contributed by atoms with Crippen LogP contribution in [0.4, 0.5) is 0 Å². The average molecular weight is 446 g/mol. The first-order valence-corrected chi connectivity index (χ1v) is 8.07. The summed E-state index contributed by atoms with van der Waals surface area (Å²) in [6.07, 6.45) is 5.59. The molecule has 24 heavy (non-hydrogen) atoms. The summed E-state index contributed by atoms with van der Waals surface area (Å²) in [5, 5.41) is 15.0. The zero-order chi connectivity index (χ0) is 16.7. The minimum atomic E-state index is 0. The van der Waals surface area contributed by atoms with E-state index in [2.05, 4.69) is 39.7 Å². The molecule has 8 heteroatoms. The first-order valence-electron chi connectivity index (χ1n) is 8.07. The molecule has 2 N–H and O–H groups in total. The fourth-order valence-electron chi connectivity index (χ4n) is 2.41. The van der Waals surface area contributed by atoms with E-state index in [1.807, 2.05) is 24.0 Å². The SMILES string of the molecule is CCc1noc(CC)c1CNC(=NC)NCCn1cc(C)cn1.I. The van der Waals surface area contributed by atoms with Crippen LogP contribution in [0.5, 0.6) is 0 Å². The highest BCUT2D eigenvalue weighted by Gasteiger charge is 2.13. The second-order valence-electron chi connectivity index (χ2n) is 5.37. The van der Waals surface area contributed by atoms with Gasteiger partial charge in [0.2, 0.25) is 0 Å². The Morgan fingerprint density at radius 1 is 1.29 bits per heavy atom. The normalized spacial score (nSPS) is 11.2. The summed E-state index contributed by atoms with van der Waals surface area (Å²) in [5.41, 5.74) is 3.32. The molecule has 2 heterocycles. The molecule has 0 spiro atoms. The quantitative estimate of drug-likeness (QED) is 0.388. The summed E-state index contributed by atoms with van der Waals surface area (Å²) in [7, 11) is 1.77. The highest BCUT2D eigenvalue weighted by atomic mass is 127. The van der Waals surface area contributed by atoms with E-state index in [0.717, 1.165) is 48.9 Å². The van der Waals surface area contributed by atoms with Crippen molar-refractivity contribution in [2.75, 3.05) is 13.6 Å². The largest absolute Gasteiger partial charge is 0.361 e. The summed E-state index contributed by atoms with van der Waals surface area (Å²) in [6, 6.07) is 0. The van der Waals surface area contributed by atoms with Crippen molar-refractivity contribution in [2.45, 2.75) is 46.7 Å². The summed E-state index contributed by atoms with van der Waals surface area (Å²) in [4.78, 5) is 4.25. The number of hydrogen-bond donors (Lipinski definition) is 2. The maximum Gasteiger partial charge on any atom is 0.191 e. The molecule has 2 aromatic rings. The topological polar surface area (TPSA) is 80.3 Å². The highest BCUT2D eigenvalue weighted by molar-refractivity contribution is 14.0. The third-order valence-electron chi connectivity index (χ3n) is 3.66. The molecule has 0 bridgehead atoms. The van der Waals surface area contributed by atoms with Crippen LogP contribution in [0.2, 0.25) is 0 Å². The van der Waals surface area contributed by atoms with E-state index in [1.165, 1.54) is 5.56 Å². The van der Waals surface area contributed by atoms with E-state index >= 15 is 0 Å². The number of nitrogens with one attached hydrogen (secondary N) is 2. The molecule has 0 aromatic carbocycles. The number of nitrogens with zero attached hydrogens (tertiary/aromatic N) is 4. The average Bonchev–Trinajstić information content (AvgIpc) is 3.16. The number of rotatable bonds is 7. The molecule has 0 saturated carbocycles. The van der Waals surface area contributed by atoms with E-state index in [1.54, 1.807) is 7.05 Å². The van der Waals surface area contributed by atoms with Gasteiger partial charge in [-0.3, -0.25) is 9.67 Å². The molecule has 134 valence electrons. The smallest absolute Gasteiger partial charge is 0.191 e. The van der Waals surface area contributed by atoms with Crippen molar-refractivity contribution in [3.8, 4) is 0 Å². The molecule has 0 radical (unpaired) electrons. The lowest BCUT2D eigenvalue weighted by atomic mass is 10.1. The van der Waals surface area contributed by atoms with Crippen molar-refractivity contribution >= 4 is 29.9 Å². The van der Waals surface area contributed by atoms with Crippen molar-refractivity contribution in [1.82, 2.24) is 25.6 Å². The van der Waals surface area contributed by atoms with Crippen LogP contribution in [0.25, 0.3) is 0 Å². The second kappa shape index (κ2) is 10.3. The standard InChI is InChI=1S/C16H26N6O.HI/c1-5-14-13(15(6-2)23-21-14)10-19-16(17-4)18-7-8-22-11-12(3)9-20-22;/h9,11H,5-8,10H2,1-4H3,(H2,17,18,19);1H. The second-order valence-corrected chi connectivity index (χ2v) is 5.37. The summed E-state index contributed by atoms with van der Waals surface area (Å²) in [6.45, 7) is 8.40. The van der Waals surface area contributed by atoms with Gasteiger partial charge in [0.25, 0.3) is 0 Å². The van der Waals surface area contributed by atoms with Crippen molar-refractivity contribution < 1.29 is 4.52 Å². The molecule has 0 unspecified atom stereocenters. The molecule has 0 atom stereocenters. The van der Waals surface area contributed by atoms with Gasteiger partial charge in [0, 0.05) is 38.3 Å². The third kappa shape index (κ3) is 5.50. The Bertz CT molecular complexity index is 627. The predicted octanol–water partition coefficient (Wildman–Crippen LogP) is 2.29. The predicted molar refractivity (Wildman–Crippen MR) is 106 cm³/mol. The molecule has 2 aromatic heterocycles. The van der Waals surface area contributed by atoms with Gasteiger partial charge in [-0.15, -0.1) is 24.0 Å². The maximum atomic E-state index is 5.38. The van der Waals surface area contributed by atoms with Crippen LogP contribution in [0, 0.1) is 6.92 Å². The lowest BCUT2D eigenvalue weighted by molar-refractivity contribution is 0.380. The maximum absolute atomic E-state index is 5.38. The number of aliphatic imine (C=N–C) groups is 1. The fraction of sp³-hybridized carbons (Fsp3) is 0.562. The number of hydrogen-bond acceptors (Lipinski definition) is 4. The van der Waals surface area contributed by atoms with E-state index in [9.17, 15) is 0 Å². The van der Waals surface area contributed by atoms with Gasteiger partial charge in [-0.2, -0.15) is 5.10 Å². The Balaban J connectivity index is 0.00000288. The monoisotopic (exact) mass is 446 g/mol.